The zero-order chi connectivity index (χ0) is 19.6. The maximum absolute atomic E-state index is 12.9. The summed E-state index contributed by atoms with van der Waals surface area (Å²) in [4.78, 5) is 17.5. The molecule has 7 heteroatoms. The standard InChI is InChI=1S/C22H24N6O/c29-22(12-17-6-8-20(9-7-17)28-16-23-24-25-28)27-14-19-10-11-26(21(19)15-27)13-18-4-2-1-3-5-18/h1-9,16,19,21H,10-15H2/t19-,21+/m0/s1. The van der Waals surface area contributed by atoms with Crippen molar-refractivity contribution < 1.29 is 4.79 Å². The van der Waals surface area contributed by atoms with Gasteiger partial charge in [-0.1, -0.05) is 42.5 Å². The van der Waals surface area contributed by atoms with Gasteiger partial charge < -0.3 is 4.90 Å². The van der Waals surface area contributed by atoms with E-state index in [1.54, 1.807) is 11.0 Å². The molecule has 148 valence electrons. The van der Waals surface area contributed by atoms with Gasteiger partial charge in [-0.25, -0.2) is 4.68 Å². The van der Waals surface area contributed by atoms with Crippen LogP contribution in [0.4, 0.5) is 0 Å². The van der Waals surface area contributed by atoms with Crippen molar-refractivity contribution in [2.24, 2.45) is 5.92 Å². The highest BCUT2D eigenvalue weighted by molar-refractivity contribution is 5.79. The molecule has 0 radical (unpaired) electrons. The Balaban J connectivity index is 1.19. The van der Waals surface area contributed by atoms with Crippen LogP contribution < -0.4 is 0 Å². The second kappa shape index (κ2) is 7.75. The second-order valence-corrected chi connectivity index (χ2v) is 7.97. The van der Waals surface area contributed by atoms with E-state index in [9.17, 15) is 4.79 Å². The highest BCUT2D eigenvalue weighted by atomic mass is 16.2. The molecule has 2 aromatic carbocycles. The van der Waals surface area contributed by atoms with Crippen molar-refractivity contribution in [3.63, 3.8) is 0 Å². The van der Waals surface area contributed by atoms with E-state index in [-0.39, 0.29) is 5.91 Å². The number of rotatable bonds is 5. The van der Waals surface area contributed by atoms with Gasteiger partial charge in [-0.3, -0.25) is 9.69 Å². The summed E-state index contributed by atoms with van der Waals surface area (Å²) in [6, 6.07) is 19.0. The molecule has 0 saturated carbocycles. The first-order valence-electron chi connectivity index (χ1n) is 10.1. The summed E-state index contributed by atoms with van der Waals surface area (Å²) < 4.78 is 1.61. The number of fused-ring (bicyclic) bond motifs is 1. The number of aromatic nitrogens is 4. The molecule has 0 unspecified atom stereocenters. The Hall–Kier alpha value is -3.06. The number of amides is 1. The van der Waals surface area contributed by atoms with Crippen molar-refractivity contribution in [2.45, 2.75) is 25.4 Å². The molecule has 0 aliphatic carbocycles. The van der Waals surface area contributed by atoms with Crippen LogP contribution in [0.25, 0.3) is 5.69 Å². The molecule has 5 rings (SSSR count). The summed E-state index contributed by atoms with van der Waals surface area (Å²) in [5.74, 6) is 0.819. The average molecular weight is 388 g/mol. The summed E-state index contributed by atoms with van der Waals surface area (Å²) in [5.41, 5.74) is 3.25. The predicted octanol–water partition coefficient (Wildman–Crippen LogP) is 1.94. The van der Waals surface area contributed by atoms with Gasteiger partial charge in [-0.2, -0.15) is 0 Å². The molecule has 0 N–H and O–H groups in total. The van der Waals surface area contributed by atoms with E-state index < -0.39 is 0 Å². The minimum absolute atomic E-state index is 0.217. The molecular weight excluding hydrogens is 364 g/mol. The van der Waals surface area contributed by atoms with Crippen molar-refractivity contribution in [3.05, 3.63) is 72.1 Å². The zero-order valence-corrected chi connectivity index (χ0v) is 16.3. The molecule has 29 heavy (non-hydrogen) atoms. The van der Waals surface area contributed by atoms with E-state index in [0.717, 1.165) is 37.4 Å². The van der Waals surface area contributed by atoms with Gasteiger partial charge in [-0.15, -0.1) is 5.10 Å². The van der Waals surface area contributed by atoms with Crippen LogP contribution in [-0.2, 0) is 17.8 Å². The molecule has 2 saturated heterocycles. The Morgan fingerprint density at radius 1 is 1.00 bits per heavy atom. The third-order valence-electron chi connectivity index (χ3n) is 6.15. The number of nitrogens with zero attached hydrogens (tertiary/aromatic N) is 6. The average Bonchev–Trinajstić information content (AvgIpc) is 3.48. The molecule has 2 aliphatic heterocycles. The quantitative estimate of drug-likeness (QED) is 0.668. The monoisotopic (exact) mass is 388 g/mol. The molecule has 2 fully saturated rings. The first-order valence-corrected chi connectivity index (χ1v) is 10.1. The predicted molar refractivity (Wildman–Crippen MR) is 108 cm³/mol. The van der Waals surface area contributed by atoms with E-state index in [0.29, 0.717) is 18.4 Å². The normalized spacial score (nSPS) is 21.4. The van der Waals surface area contributed by atoms with Crippen LogP contribution in [-0.4, -0.2) is 61.6 Å². The minimum Gasteiger partial charge on any atom is -0.340 e. The van der Waals surface area contributed by atoms with Gasteiger partial charge in [-0.05, 0) is 52.6 Å². The lowest BCUT2D eigenvalue weighted by molar-refractivity contribution is -0.129. The fraction of sp³-hybridized carbons (Fsp3) is 0.364. The summed E-state index contributed by atoms with van der Waals surface area (Å²) in [7, 11) is 0. The smallest absolute Gasteiger partial charge is 0.227 e. The number of tetrazole rings is 1. The Kier molecular flexibility index (Phi) is 4.81. The molecule has 3 heterocycles. The highest BCUT2D eigenvalue weighted by Crippen LogP contribution is 2.32. The summed E-state index contributed by atoms with van der Waals surface area (Å²) in [6.07, 6.45) is 3.18. The largest absolute Gasteiger partial charge is 0.340 e. The third-order valence-corrected chi connectivity index (χ3v) is 6.15. The van der Waals surface area contributed by atoms with Crippen LogP contribution >= 0.6 is 0 Å². The number of hydrogen-bond donors (Lipinski definition) is 0. The number of benzene rings is 2. The molecule has 3 aromatic rings. The topological polar surface area (TPSA) is 67.2 Å². The van der Waals surface area contributed by atoms with Gasteiger partial charge in [0.1, 0.15) is 6.33 Å². The van der Waals surface area contributed by atoms with E-state index in [1.165, 1.54) is 12.0 Å². The van der Waals surface area contributed by atoms with Gasteiger partial charge in [0.15, 0.2) is 0 Å². The van der Waals surface area contributed by atoms with Crippen molar-refractivity contribution in [3.8, 4) is 5.69 Å². The summed E-state index contributed by atoms with van der Waals surface area (Å²) in [6.45, 7) is 3.84. The number of carbonyl (C=O) groups is 1. The third kappa shape index (κ3) is 3.78. The van der Waals surface area contributed by atoms with E-state index in [1.807, 2.05) is 24.3 Å². The molecule has 0 spiro atoms. The van der Waals surface area contributed by atoms with Crippen molar-refractivity contribution in [1.29, 1.82) is 0 Å². The van der Waals surface area contributed by atoms with Gasteiger partial charge in [0.2, 0.25) is 5.91 Å². The van der Waals surface area contributed by atoms with Crippen LogP contribution in [0.2, 0.25) is 0 Å². The number of carbonyl (C=O) groups excluding carboxylic acids is 1. The molecule has 0 bridgehead atoms. The Morgan fingerprint density at radius 2 is 1.83 bits per heavy atom. The van der Waals surface area contributed by atoms with Gasteiger partial charge in [0, 0.05) is 25.7 Å². The molecular formula is C22H24N6O. The Labute approximate surface area is 169 Å². The molecule has 2 aliphatic rings. The molecule has 1 amide bonds. The second-order valence-electron chi connectivity index (χ2n) is 7.97. The lowest BCUT2D eigenvalue weighted by Gasteiger charge is -2.25. The van der Waals surface area contributed by atoms with Gasteiger partial charge in [0.25, 0.3) is 0 Å². The van der Waals surface area contributed by atoms with Gasteiger partial charge >= 0.3 is 0 Å². The fourth-order valence-electron chi connectivity index (χ4n) is 4.60. The van der Waals surface area contributed by atoms with E-state index in [2.05, 4.69) is 55.7 Å². The Morgan fingerprint density at radius 3 is 2.59 bits per heavy atom. The molecule has 2 atom stereocenters. The lowest BCUT2D eigenvalue weighted by Crippen LogP contribution is -2.37. The fourth-order valence-corrected chi connectivity index (χ4v) is 4.60. The number of hydrogen-bond acceptors (Lipinski definition) is 5. The zero-order valence-electron chi connectivity index (χ0n) is 16.3. The first-order chi connectivity index (χ1) is 14.3. The van der Waals surface area contributed by atoms with Crippen LogP contribution in [0.15, 0.2) is 60.9 Å². The van der Waals surface area contributed by atoms with Crippen LogP contribution in [0, 0.1) is 5.92 Å². The molecule has 1 aromatic heterocycles. The molecule has 7 nitrogen and oxygen atoms in total. The van der Waals surface area contributed by atoms with Crippen molar-refractivity contribution in [2.75, 3.05) is 19.6 Å². The van der Waals surface area contributed by atoms with Crippen LogP contribution in [0.1, 0.15) is 17.5 Å². The van der Waals surface area contributed by atoms with Gasteiger partial charge in [0.05, 0.1) is 12.1 Å². The number of likely N-dealkylation sites (tertiary alicyclic amines) is 2. The van der Waals surface area contributed by atoms with Crippen LogP contribution in [0.3, 0.4) is 0 Å². The Bertz CT molecular complexity index is 957. The van der Waals surface area contributed by atoms with Crippen LogP contribution in [0.5, 0.6) is 0 Å². The van der Waals surface area contributed by atoms with Crippen molar-refractivity contribution in [1.82, 2.24) is 30.0 Å². The highest BCUT2D eigenvalue weighted by Gasteiger charge is 2.42. The maximum atomic E-state index is 12.9. The first kappa shape index (κ1) is 18.0. The SMILES string of the molecule is O=C(Cc1ccc(-n2cnnn2)cc1)N1C[C@@H]2CCN(Cc3ccccc3)[C@@H]2C1. The lowest BCUT2D eigenvalue weighted by atomic mass is 10.0. The minimum atomic E-state index is 0.217. The van der Waals surface area contributed by atoms with E-state index in [4.69, 9.17) is 0 Å². The van der Waals surface area contributed by atoms with Crippen molar-refractivity contribution >= 4 is 5.91 Å². The summed E-state index contributed by atoms with van der Waals surface area (Å²) in [5, 5.41) is 11.2. The van der Waals surface area contributed by atoms with E-state index >= 15 is 0 Å². The summed E-state index contributed by atoms with van der Waals surface area (Å²) >= 11 is 0. The maximum Gasteiger partial charge on any atom is 0.227 e.